The van der Waals surface area contributed by atoms with Crippen molar-refractivity contribution < 1.29 is 14.7 Å². The van der Waals surface area contributed by atoms with Crippen LogP contribution in [0.3, 0.4) is 0 Å². The molecule has 0 spiro atoms. The van der Waals surface area contributed by atoms with E-state index in [0.29, 0.717) is 13.2 Å². The molecule has 0 aliphatic carbocycles. The molecular formula is C14H30N2O3. The maximum Gasteiger partial charge on any atom is 0.144 e. The van der Waals surface area contributed by atoms with E-state index in [2.05, 4.69) is 5.16 Å². The highest BCUT2D eigenvalue weighted by Crippen LogP contribution is 2.23. The molecule has 0 fully saturated rings. The lowest BCUT2D eigenvalue weighted by Crippen LogP contribution is -2.31. The van der Waals surface area contributed by atoms with Gasteiger partial charge in [0.2, 0.25) is 0 Å². The maximum absolute atomic E-state index is 8.66. The first kappa shape index (κ1) is 18.2. The van der Waals surface area contributed by atoms with Gasteiger partial charge in [-0.05, 0) is 33.6 Å². The molecule has 5 nitrogen and oxygen atoms in total. The average molecular weight is 274 g/mol. The van der Waals surface area contributed by atoms with Crippen LogP contribution in [0.15, 0.2) is 5.16 Å². The summed E-state index contributed by atoms with van der Waals surface area (Å²) in [6, 6.07) is 0. The average Bonchev–Trinajstić information content (AvgIpc) is 2.30. The first-order valence-electron chi connectivity index (χ1n) is 6.89. The van der Waals surface area contributed by atoms with Crippen molar-refractivity contribution in [2.45, 2.75) is 59.5 Å². The van der Waals surface area contributed by atoms with Gasteiger partial charge in [0.25, 0.3) is 0 Å². The minimum atomic E-state index is -0.260. The van der Waals surface area contributed by atoms with Crippen molar-refractivity contribution in [3.8, 4) is 0 Å². The third-order valence-corrected chi connectivity index (χ3v) is 2.90. The van der Waals surface area contributed by atoms with Gasteiger partial charge in [-0.3, -0.25) is 0 Å². The van der Waals surface area contributed by atoms with Crippen molar-refractivity contribution in [2.75, 3.05) is 19.8 Å². The van der Waals surface area contributed by atoms with E-state index < -0.39 is 0 Å². The number of hydrogen-bond acceptors (Lipinski definition) is 4. The molecule has 5 heteroatoms. The summed E-state index contributed by atoms with van der Waals surface area (Å²) >= 11 is 0. The first-order chi connectivity index (χ1) is 8.69. The molecule has 0 unspecified atom stereocenters. The van der Waals surface area contributed by atoms with Crippen LogP contribution >= 0.6 is 0 Å². The molecule has 0 rings (SSSR count). The highest BCUT2D eigenvalue weighted by atomic mass is 16.5. The summed E-state index contributed by atoms with van der Waals surface area (Å²) in [7, 11) is 0. The van der Waals surface area contributed by atoms with Gasteiger partial charge in [0.05, 0.1) is 18.8 Å². The van der Waals surface area contributed by atoms with Gasteiger partial charge in [0.15, 0.2) is 0 Å². The fraction of sp³-hybridized carbons (Fsp3) is 0.929. The lowest BCUT2D eigenvalue weighted by atomic mass is 9.86. The maximum atomic E-state index is 8.66. The van der Waals surface area contributed by atoms with Gasteiger partial charge in [0, 0.05) is 12.0 Å². The van der Waals surface area contributed by atoms with Crippen molar-refractivity contribution in [2.24, 2.45) is 16.3 Å². The van der Waals surface area contributed by atoms with Crippen molar-refractivity contribution in [1.82, 2.24) is 0 Å². The summed E-state index contributed by atoms with van der Waals surface area (Å²) in [6.45, 7) is 12.0. The number of unbranched alkanes of at least 4 members (excludes halogenated alkanes) is 1. The number of rotatable bonds is 9. The fourth-order valence-corrected chi connectivity index (χ4v) is 1.54. The van der Waals surface area contributed by atoms with Crippen LogP contribution in [0.5, 0.6) is 0 Å². The smallest absolute Gasteiger partial charge is 0.144 e. The summed E-state index contributed by atoms with van der Waals surface area (Å²) in [4.78, 5) is 0. The third kappa shape index (κ3) is 9.73. The van der Waals surface area contributed by atoms with Crippen LogP contribution < -0.4 is 5.73 Å². The van der Waals surface area contributed by atoms with Crippen molar-refractivity contribution in [1.29, 1.82) is 0 Å². The molecule has 0 saturated heterocycles. The van der Waals surface area contributed by atoms with Crippen molar-refractivity contribution >= 4 is 5.84 Å². The second-order valence-corrected chi connectivity index (χ2v) is 6.40. The summed E-state index contributed by atoms with van der Waals surface area (Å²) in [6.07, 6.45) is 2.84. The molecule has 0 aromatic carbocycles. The summed E-state index contributed by atoms with van der Waals surface area (Å²) in [5.74, 6) is 0.284. The van der Waals surface area contributed by atoms with Crippen molar-refractivity contribution in [3.05, 3.63) is 0 Å². The normalized spacial score (nSPS) is 13.8. The zero-order valence-corrected chi connectivity index (χ0v) is 13.0. The molecular weight excluding hydrogens is 244 g/mol. The summed E-state index contributed by atoms with van der Waals surface area (Å²) in [5.41, 5.74) is 5.26. The number of nitrogens with zero attached hydrogens (tertiary/aromatic N) is 1. The van der Waals surface area contributed by atoms with Gasteiger partial charge in [-0.15, -0.1) is 0 Å². The number of nitrogens with two attached hydrogens (primary N) is 1. The Labute approximate surface area is 117 Å². The van der Waals surface area contributed by atoms with Crippen LogP contribution in [-0.4, -0.2) is 36.5 Å². The molecule has 114 valence electrons. The van der Waals surface area contributed by atoms with Gasteiger partial charge in [0.1, 0.15) is 5.84 Å². The first-order valence-corrected chi connectivity index (χ1v) is 6.89. The SMILES string of the molecule is CC(C)(C)OCCOCCCCC(C)(C)C(N)=NO. The zero-order chi connectivity index (χ0) is 14.9. The minimum absolute atomic E-state index is 0.103. The van der Waals surface area contributed by atoms with Crippen LogP contribution in [0.2, 0.25) is 0 Å². The van der Waals surface area contributed by atoms with E-state index in [1.165, 1.54) is 0 Å². The molecule has 0 aromatic heterocycles. The van der Waals surface area contributed by atoms with E-state index in [0.717, 1.165) is 25.9 Å². The largest absolute Gasteiger partial charge is 0.409 e. The third-order valence-electron chi connectivity index (χ3n) is 2.90. The van der Waals surface area contributed by atoms with Gasteiger partial charge in [-0.2, -0.15) is 0 Å². The molecule has 0 aliphatic heterocycles. The highest BCUT2D eigenvalue weighted by Gasteiger charge is 2.22. The van der Waals surface area contributed by atoms with Crippen LogP contribution in [0.1, 0.15) is 53.9 Å². The number of ether oxygens (including phenoxy) is 2. The van der Waals surface area contributed by atoms with E-state index in [1.54, 1.807) is 0 Å². The molecule has 0 saturated carbocycles. The van der Waals surface area contributed by atoms with E-state index in [1.807, 2.05) is 34.6 Å². The zero-order valence-electron chi connectivity index (χ0n) is 13.0. The minimum Gasteiger partial charge on any atom is -0.409 e. The molecule has 3 N–H and O–H groups in total. The Kier molecular flexibility index (Phi) is 8.02. The Hall–Kier alpha value is -0.810. The van der Waals surface area contributed by atoms with Gasteiger partial charge >= 0.3 is 0 Å². The molecule has 0 atom stereocenters. The number of hydrogen-bond donors (Lipinski definition) is 2. The Bertz CT molecular complexity index is 270. The van der Waals surface area contributed by atoms with Crippen molar-refractivity contribution in [3.63, 3.8) is 0 Å². The van der Waals surface area contributed by atoms with Gasteiger partial charge in [-0.1, -0.05) is 25.4 Å². The Balaban J connectivity index is 3.51. The fourth-order valence-electron chi connectivity index (χ4n) is 1.54. The Morgan fingerprint density at radius 1 is 1.05 bits per heavy atom. The summed E-state index contributed by atoms with van der Waals surface area (Å²) in [5, 5.41) is 11.7. The molecule has 0 amide bonds. The topological polar surface area (TPSA) is 77.1 Å². The van der Waals surface area contributed by atoms with E-state index >= 15 is 0 Å². The number of oxime groups is 1. The number of amidine groups is 1. The predicted molar refractivity (Wildman–Crippen MR) is 77.6 cm³/mol. The van der Waals surface area contributed by atoms with Crippen LogP contribution in [0, 0.1) is 5.41 Å². The highest BCUT2D eigenvalue weighted by molar-refractivity contribution is 5.85. The van der Waals surface area contributed by atoms with Crippen LogP contribution in [0.25, 0.3) is 0 Å². The molecule has 0 aromatic rings. The molecule has 19 heavy (non-hydrogen) atoms. The van der Waals surface area contributed by atoms with E-state index in [9.17, 15) is 0 Å². The standard InChI is InChI=1S/C14H30N2O3/c1-13(2,3)19-11-10-18-9-7-6-8-14(4,5)12(15)16-17/h17H,6-11H2,1-5H3,(H2,15,16). The van der Waals surface area contributed by atoms with E-state index in [4.69, 9.17) is 20.4 Å². The Morgan fingerprint density at radius 3 is 2.21 bits per heavy atom. The summed E-state index contributed by atoms with van der Waals surface area (Å²) < 4.78 is 11.0. The Morgan fingerprint density at radius 2 is 1.68 bits per heavy atom. The molecule has 0 radical (unpaired) electrons. The molecule has 0 heterocycles. The van der Waals surface area contributed by atoms with Gasteiger partial charge in [-0.25, -0.2) is 0 Å². The van der Waals surface area contributed by atoms with Crippen LogP contribution in [0.4, 0.5) is 0 Å². The second-order valence-electron chi connectivity index (χ2n) is 6.40. The van der Waals surface area contributed by atoms with Crippen LogP contribution in [-0.2, 0) is 9.47 Å². The predicted octanol–water partition coefficient (Wildman–Crippen LogP) is 2.76. The second kappa shape index (κ2) is 8.38. The quantitative estimate of drug-likeness (QED) is 0.223. The monoisotopic (exact) mass is 274 g/mol. The molecule has 0 aliphatic rings. The van der Waals surface area contributed by atoms with Gasteiger partial charge < -0.3 is 20.4 Å². The molecule has 0 bridgehead atoms. The lowest BCUT2D eigenvalue weighted by Gasteiger charge is -2.22. The van der Waals surface area contributed by atoms with E-state index in [-0.39, 0.29) is 16.9 Å². The lowest BCUT2D eigenvalue weighted by molar-refractivity contribution is -0.0352.